The molecule has 1 amide bonds. The molecule has 1 N–H and O–H groups in total. The van der Waals surface area contributed by atoms with Gasteiger partial charge in [-0.15, -0.1) is 0 Å². The van der Waals surface area contributed by atoms with E-state index >= 15 is 0 Å². The summed E-state index contributed by atoms with van der Waals surface area (Å²) in [5, 5.41) is 6.51. The Balaban J connectivity index is 1.88. The fourth-order valence-electron chi connectivity index (χ4n) is 2.37. The monoisotopic (exact) mass is 374 g/mol. The number of carbonyl (C=O) groups excluding carboxylic acids is 3. The topological polar surface area (TPSA) is 112 Å². The molecule has 0 spiro atoms. The van der Waals surface area contributed by atoms with Gasteiger partial charge in [-0.3, -0.25) is 4.79 Å². The number of carbonyl (C=O) groups is 3. The van der Waals surface area contributed by atoms with Crippen LogP contribution in [0, 0.1) is 5.92 Å². The lowest BCUT2D eigenvalue weighted by atomic mass is 10.0. The summed E-state index contributed by atoms with van der Waals surface area (Å²) in [5.74, 6) is -1.57. The second kappa shape index (κ2) is 9.46. The van der Waals surface area contributed by atoms with Crippen LogP contribution < -0.4 is 5.32 Å². The van der Waals surface area contributed by atoms with Crippen molar-refractivity contribution < 1.29 is 23.9 Å². The minimum Gasteiger partial charge on any atom is -0.467 e. The number of aromatic nitrogens is 3. The largest absolute Gasteiger partial charge is 0.467 e. The van der Waals surface area contributed by atoms with Crippen LogP contribution in [-0.2, 0) is 19.1 Å². The zero-order valence-electron chi connectivity index (χ0n) is 15.4. The van der Waals surface area contributed by atoms with Crippen LogP contribution in [0.25, 0.3) is 5.69 Å². The van der Waals surface area contributed by atoms with Gasteiger partial charge in [-0.05, 0) is 36.6 Å². The highest BCUT2D eigenvalue weighted by Gasteiger charge is 2.23. The molecule has 1 aromatic carbocycles. The normalized spacial score (nSPS) is 11.7. The highest BCUT2D eigenvalue weighted by molar-refractivity contribution is 5.92. The first-order valence-corrected chi connectivity index (χ1v) is 8.40. The van der Waals surface area contributed by atoms with E-state index in [1.807, 2.05) is 13.8 Å². The van der Waals surface area contributed by atoms with E-state index in [9.17, 15) is 14.4 Å². The molecule has 1 heterocycles. The molecule has 1 atom stereocenters. The Kier molecular flexibility index (Phi) is 7.04. The van der Waals surface area contributed by atoms with Crippen molar-refractivity contribution in [1.82, 2.24) is 20.1 Å². The SMILES string of the molecule is COC(=O)[C@H](CC(C)C)NC(=O)COC(=O)c1ccc(-n2cncn2)cc1. The van der Waals surface area contributed by atoms with E-state index in [1.54, 1.807) is 28.9 Å². The number of rotatable bonds is 8. The van der Waals surface area contributed by atoms with Crippen molar-refractivity contribution >= 4 is 17.8 Å². The fraction of sp³-hybridized carbons (Fsp3) is 0.389. The first-order chi connectivity index (χ1) is 12.9. The van der Waals surface area contributed by atoms with E-state index in [1.165, 1.54) is 19.8 Å². The quantitative estimate of drug-likeness (QED) is 0.689. The van der Waals surface area contributed by atoms with E-state index in [2.05, 4.69) is 20.1 Å². The van der Waals surface area contributed by atoms with E-state index in [4.69, 9.17) is 4.74 Å². The minimum absolute atomic E-state index is 0.181. The van der Waals surface area contributed by atoms with Gasteiger partial charge in [0.2, 0.25) is 0 Å². The van der Waals surface area contributed by atoms with E-state index in [-0.39, 0.29) is 5.92 Å². The van der Waals surface area contributed by atoms with Crippen LogP contribution in [0.1, 0.15) is 30.6 Å². The zero-order valence-corrected chi connectivity index (χ0v) is 15.4. The van der Waals surface area contributed by atoms with Gasteiger partial charge in [-0.1, -0.05) is 13.8 Å². The molecule has 0 aliphatic carbocycles. The number of benzene rings is 1. The Hall–Kier alpha value is -3.23. The van der Waals surface area contributed by atoms with Crippen LogP contribution in [-0.4, -0.2) is 52.4 Å². The molecule has 144 valence electrons. The molecule has 0 radical (unpaired) electrons. The molecule has 27 heavy (non-hydrogen) atoms. The number of nitrogens with one attached hydrogen (secondary N) is 1. The number of amides is 1. The molecule has 0 bridgehead atoms. The van der Waals surface area contributed by atoms with E-state index in [0.29, 0.717) is 12.0 Å². The number of methoxy groups -OCH3 is 1. The number of hydrogen-bond acceptors (Lipinski definition) is 7. The third-order valence-corrected chi connectivity index (χ3v) is 3.65. The number of nitrogens with zero attached hydrogens (tertiary/aromatic N) is 3. The second-order valence-electron chi connectivity index (χ2n) is 6.24. The Morgan fingerprint density at radius 3 is 2.44 bits per heavy atom. The smallest absolute Gasteiger partial charge is 0.338 e. The summed E-state index contributed by atoms with van der Waals surface area (Å²) in [6.45, 7) is 3.35. The molecule has 9 heteroatoms. The lowest BCUT2D eigenvalue weighted by Gasteiger charge is -2.18. The third-order valence-electron chi connectivity index (χ3n) is 3.65. The van der Waals surface area contributed by atoms with Crippen LogP contribution in [0.3, 0.4) is 0 Å². The molecular formula is C18H22N4O5. The number of ether oxygens (including phenoxy) is 2. The molecule has 1 aromatic heterocycles. The van der Waals surface area contributed by atoms with Crippen molar-refractivity contribution in [2.45, 2.75) is 26.3 Å². The van der Waals surface area contributed by atoms with Gasteiger partial charge in [0.25, 0.3) is 5.91 Å². The average Bonchev–Trinajstić information content (AvgIpc) is 3.19. The molecule has 2 aromatic rings. The Bertz CT molecular complexity index is 772. The Morgan fingerprint density at radius 2 is 1.89 bits per heavy atom. The molecule has 0 fully saturated rings. The van der Waals surface area contributed by atoms with E-state index in [0.717, 1.165) is 5.69 Å². The highest BCUT2D eigenvalue weighted by atomic mass is 16.5. The summed E-state index contributed by atoms with van der Waals surface area (Å²) in [7, 11) is 1.25. The summed E-state index contributed by atoms with van der Waals surface area (Å²) < 4.78 is 11.2. The van der Waals surface area contributed by atoms with Crippen molar-refractivity contribution in [3.8, 4) is 5.69 Å². The van der Waals surface area contributed by atoms with Gasteiger partial charge in [-0.2, -0.15) is 5.10 Å². The van der Waals surface area contributed by atoms with Crippen LogP contribution in [0.15, 0.2) is 36.9 Å². The first kappa shape index (κ1) is 20.1. The summed E-state index contributed by atoms with van der Waals surface area (Å²) in [6, 6.07) is 5.71. The highest BCUT2D eigenvalue weighted by Crippen LogP contribution is 2.09. The van der Waals surface area contributed by atoms with Gasteiger partial charge in [0.05, 0.1) is 18.4 Å². The zero-order chi connectivity index (χ0) is 19.8. The maximum Gasteiger partial charge on any atom is 0.338 e. The van der Waals surface area contributed by atoms with Gasteiger partial charge in [0.15, 0.2) is 6.61 Å². The molecule has 0 aliphatic rings. The maximum absolute atomic E-state index is 12.1. The molecule has 9 nitrogen and oxygen atoms in total. The summed E-state index contributed by atoms with van der Waals surface area (Å²) >= 11 is 0. The van der Waals surface area contributed by atoms with Crippen LogP contribution >= 0.6 is 0 Å². The summed E-state index contributed by atoms with van der Waals surface area (Å²) in [6.07, 6.45) is 3.37. The molecular weight excluding hydrogens is 352 g/mol. The summed E-state index contributed by atoms with van der Waals surface area (Å²) in [4.78, 5) is 39.6. The van der Waals surface area contributed by atoms with E-state index < -0.39 is 30.5 Å². The van der Waals surface area contributed by atoms with Gasteiger partial charge in [0.1, 0.15) is 18.7 Å². The van der Waals surface area contributed by atoms with Gasteiger partial charge in [-0.25, -0.2) is 19.3 Å². The number of esters is 2. The lowest BCUT2D eigenvalue weighted by molar-refractivity contribution is -0.145. The van der Waals surface area contributed by atoms with Crippen molar-refractivity contribution in [2.24, 2.45) is 5.92 Å². The average molecular weight is 374 g/mol. The van der Waals surface area contributed by atoms with Crippen molar-refractivity contribution in [3.63, 3.8) is 0 Å². The molecule has 0 aliphatic heterocycles. The molecule has 0 unspecified atom stereocenters. The van der Waals surface area contributed by atoms with Crippen molar-refractivity contribution in [2.75, 3.05) is 13.7 Å². The maximum atomic E-state index is 12.1. The fourth-order valence-corrected chi connectivity index (χ4v) is 2.37. The third kappa shape index (κ3) is 5.91. The minimum atomic E-state index is -0.775. The molecule has 2 rings (SSSR count). The predicted molar refractivity (Wildman–Crippen MR) is 95.0 cm³/mol. The molecule has 0 saturated heterocycles. The summed E-state index contributed by atoms with van der Waals surface area (Å²) in [5.41, 5.74) is 1.02. The Labute approximate surface area is 156 Å². The predicted octanol–water partition coefficient (Wildman–Crippen LogP) is 1.13. The molecule has 0 saturated carbocycles. The Morgan fingerprint density at radius 1 is 1.19 bits per heavy atom. The first-order valence-electron chi connectivity index (χ1n) is 8.40. The number of hydrogen-bond donors (Lipinski definition) is 1. The van der Waals surface area contributed by atoms with Gasteiger partial charge in [0, 0.05) is 0 Å². The van der Waals surface area contributed by atoms with Crippen molar-refractivity contribution in [1.29, 1.82) is 0 Å². The second-order valence-corrected chi connectivity index (χ2v) is 6.24. The van der Waals surface area contributed by atoms with Crippen LogP contribution in [0.4, 0.5) is 0 Å². The van der Waals surface area contributed by atoms with Gasteiger partial charge < -0.3 is 14.8 Å². The standard InChI is InChI=1S/C18H22N4O5/c1-12(2)8-15(18(25)26-3)21-16(23)9-27-17(24)13-4-6-14(7-5-13)22-11-19-10-20-22/h4-7,10-12,15H,8-9H2,1-3H3,(H,21,23)/t15-/m0/s1. The lowest BCUT2D eigenvalue weighted by Crippen LogP contribution is -2.44. The van der Waals surface area contributed by atoms with Crippen LogP contribution in [0.5, 0.6) is 0 Å². The van der Waals surface area contributed by atoms with Crippen LogP contribution in [0.2, 0.25) is 0 Å². The van der Waals surface area contributed by atoms with Crippen molar-refractivity contribution in [3.05, 3.63) is 42.5 Å². The van der Waals surface area contributed by atoms with Gasteiger partial charge >= 0.3 is 11.9 Å².